The van der Waals surface area contributed by atoms with Gasteiger partial charge in [-0.15, -0.1) is 0 Å². The Labute approximate surface area is 120 Å². The molecule has 4 rings (SSSR count). The van der Waals surface area contributed by atoms with E-state index in [1.54, 1.807) is 16.7 Å². The SMILES string of the molecule is C1=CC2=CCCC3=C2[C@H](C1)C[C@@H](Cn1ccnc1)CC3. The van der Waals surface area contributed by atoms with Crippen LogP contribution in [0.3, 0.4) is 0 Å². The van der Waals surface area contributed by atoms with Crippen molar-refractivity contribution in [3.8, 4) is 0 Å². The van der Waals surface area contributed by atoms with Crippen LogP contribution in [0.25, 0.3) is 0 Å². The van der Waals surface area contributed by atoms with Crippen molar-refractivity contribution < 1.29 is 0 Å². The average molecular weight is 266 g/mol. The first kappa shape index (κ1) is 12.2. The summed E-state index contributed by atoms with van der Waals surface area (Å²) in [4.78, 5) is 4.18. The summed E-state index contributed by atoms with van der Waals surface area (Å²) in [7, 11) is 0. The molecule has 0 fully saturated rings. The van der Waals surface area contributed by atoms with Crippen molar-refractivity contribution in [1.82, 2.24) is 9.55 Å². The third kappa shape index (κ3) is 2.17. The molecule has 1 heterocycles. The summed E-state index contributed by atoms with van der Waals surface area (Å²) in [6, 6.07) is 0. The molecule has 1 aromatic heterocycles. The summed E-state index contributed by atoms with van der Waals surface area (Å²) in [6.45, 7) is 1.14. The van der Waals surface area contributed by atoms with Crippen LogP contribution in [0.2, 0.25) is 0 Å². The van der Waals surface area contributed by atoms with Gasteiger partial charge in [0.2, 0.25) is 0 Å². The first-order chi connectivity index (χ1) is 9.90. The summed E-state index contributed by atoms with van der Waals surface area (Å²) < 4.78 is 2.25. The smallest absolute Gasteiger partial charge is 0.0945 e. The molecule has 2 heteroatoms. The number of nitrogens with zero attached hydrogens (tertiary/aromatic N) is 2. The molecule has 104 valence electrons. The van der Waals surface area contributed by atoms with Crippen LogP contribution in [-0.4, -0.2) is 9.55 Å². The lowest BCUT2D eigenvalue weighted by Crippen LogP contribution is -2.16. The van der Waals surface area contributed by atoms with E-state index in [4.69, 9.17) is 0 Å². The third-order valence-corrected chi connectivity index (χ3v) is 5.13. The van der Waals surface area contributed by atoms with E-state index in [9.17, 15) is 0 Å². The number of hydrogen-bond donors (Lipinski definition) is 0. The highest BCUT2D eigenvalue weighted by Gasteiger charge is 2.30. The highest BCUT2D eigenvalue weighted by Crippen LogP contribution is 2.44. The van der Waals surface area contributed by atoms with E-state index < -0.39 is 0 Å². The van der Waals surface area contributed by atoms with Crippen LogP contribution in [0.5, 0.6) is 0 Å². The minimum Gasteiger partial charge on any atom is -0.337 e. The second kappa shape index (κ2) is 5.08. The summed E-state index contributed by atoms with van der Waals surface area (Å²) >= 11 is 0. The molecule has 0 saturated carbocycles. The van der Waals surface area contributed by atoms with Gasteiger partial charge in [-0.25, -0.2) is 4.98 Å². The van der Waals surface area contributed by atoms with Gasteiger partial charge >= 0.3 is 0 Å². The van der Waals surface area contributed by atoms with Crippen molar-refractivity contribution >= 4 is 0 Å². The molecule has 0 bridgehead atoms. The third-order valence-electron chi connectivity index (χ3n) is 5.13. The molecule has 0 N–H and O–H groups in total. The average Bonchev–Trinajstić information content (AvgIpc) is 2.91. The largest absolute Gasteiger partial charge is 0.337 e. The van der Waals surface area contributed by atoms with Gasteiger partial charge in [-0.1, -0.05) is 23.8 Å². The molecule has 0 amide bonds. The van der Waals surface area contributed by atoms with E-state index >= 15 is 0 Å². The maximum atomic E-state index is 4.18. The Kier molecular flexibility index (Phi) is 3.10. The quantitative estimate of drug-likeness (QED) is 0.781. The van der Waals surface area contributed by atoms with Crippen LogP contribution >= 0.6 is 0 Å². The van der Waals surface area contributed by atoms with Crippen molar-refractivity contribution in [1.29, 1.82) is 0 Å². The van der Waals surface area contributed by atoms with Crippen LogP contribution in [0, 0.1) is 11.8 Å². The predicted molar refractivity (Wildman–Crippen MR) is 81.2 cm³/mol. The fraction of sp³-hybridized carbons (Fsp3) is 0.500. The Bertz CT molecular complexity index is 575. The minimum atomic E-state index is 0.776. The molecule has 20 heavy (non-hydrogen) atoms. The standard InChI is InChI=1S/C18H22N2/c1-3-15-4-2-6-17-11-14(12-20-10-9-19-13-20)7-8-16(5-1)18(15)17/h2-4,9-10,13-14,17H,1,5-8,11-12H2/t14-,17+/m0/s1. The lowest BCUT2D eigenvalue weighted by molar-refractivity contribution is 0.352. The molecule has 3 aliphatic rings. The molecule has 0 spiro atoms. The summed E-state index contributed by atoms with van der Waals surface area (Å²) in [5, 5.41) is 0. The number of rotatable bonds is 2. The molecule has 0 aliphatic heterocycles. The Hall–Kier alpha value is -1.57. The van der Waals surface area contributed by atoms with E-state index in [-0.39, 0.29) is 0 Å². The molecule has 0 aromatic carbocycles. The van der Waals surface area contributed by atoms with E-state index in [1.807, 2.05) is 12.5 Å². The zero-order valence-electron chi connectivity index (χ0n) is 12.0. The van der Waals surface area contributed by atoms with Gasteiger partial charge in [-0.3, -0.25) is 0 Å². The molecule has 1 aromatic rings. The van der Waals surface area contributed by atoms with Crippen molar-refractivity contribution in [2.45, 2.75) is 45.1 Å². The van der Waals surface area contributed by atoms with Gasteiger partial charge in [0.05, 0.1) is 6.33 Å². The second-order valence-corrected chi connectivity index (χ2v) is 6.45. The molecule has 0 unspecified atom stereocenters. The number of imidazole rings is 1. The Morgan fingerprint density at radius 1 is 1.30 bits per heavy atom. The predicted octanol–water partition coefficient (Wildman–Crippen LogP) is 4.28. The van der Waals surface area contributed by atoms with E-state index in [2.05, 4.69) is 34.0 Å². The molecular formula is C18H22N2. The molecule has 2 atom stereocenters. The summed E-state index contributed by atoms with van der Waals surface area (Å²) in [5.41, 5.74) is 5.04. The number of aromatic nitrogens is 2. The fourth-order valence-corrected chi connectivity index (χ4v) is 4.24. The van der Waals surface area contributed by atoms with E-state index in [1.165, 1.54) is 38.5 Å². The van der Waals surface area contributed by atoms with Gasteiger partial charge in [0.15, 0.2) is 0 Å². The first-order valence-corrected chi connectivity index (χ1v) is 7.95. The minimum absolute atomic E-state index is 0.776. The van der Waals surface area contributed by atoms with Gasteiger partial charge in [0, 0.05) is 18.9 Å². The lowest BCUT2D eigenvalue weighted by Gasteiger charge is -2.29. The van der Waals surface area contributed by atoms with Gasteiger partial charge in [-0.2, -0.15) is 0 Å². The lowest BCUT2D eigenvalue weighted by atomic mass is 9.76. The van der Waals surface area contributed by atoms with Gasteiger partial charge in [0.25, 0.3) is 0 Å². The van der Waals surface area contributed by atoms with Crippen LogP contribution in [0.15, 0.2) is 53.7 Å². The van der Waals surface area contributed by atoms with Crippen molar-refractivity contribution in [2.24, 2.45) is 11.8 Å². The maximum Gasteiger partial charge on any atom is 0.0945 e. The van der Waals surface area contributed by atoms with Gasteiger partial charge < -0.3 is 4.57 Å². The highest BCUT2D eigenvalue weighted by molar-refractivity contribution is 5.49. The molecular weight excluding hydrogens is 244 g/mol. The topological polar surface area (TPSA) is 17.8 Å². The normalized spacial score (nSPS) is 28.9. The van der Waals surface area contributed by atoms with Crippen LogP contribution in [-0.2, 0) is 6.54 Å². The first-order valence-electron chi connectivity index (χ1n) is 7.95. The van der Waals surface area contributed by atoms with Crippen LogP contribution in [0.4, 0.5) is 0 Å². The summed E-state index contributed by atoms with van der Waals surface area (Å²) in [5.74, 6) is 1.57. The van der Waals surface area contributed by atoms with E-state index in [0.717, 1.165) is 18.4 Å². The molecule has 0 radical (unpaired) electrons. The molecule has 0 saturated heterocycles. The van der Waals surface area contributed by atoms with Gasteiger partial charge in [0.1, 0.15) is 0 Å². The number of hydrogen-bond acceptors (Lipinski definition) is 1. The Balaban J connectivity index is 1.58. The van der Waals surface area contributed by atoms with Crippen molar-refractivity contribution in [3.63, 3.8) is 0 Å². The van der Waals surface area contributed by atoms with Crippen molar-refractivity contribution in [2.75, 3.05) is 0 Å². The van der Waals surface area contributed by atoms with Crippen LogP contribution < -0.4 is 0 Å². The Morgan fingerprint density at radius 3 is 3.20 bits per heavy atom. The zero-order chi connectivity index (χ0) is 13.4. The maximum absolute atomic E-state index is 4.18. The zero-order valence-corrected chi connectivity index (χ0v) is 12.0. The van der Waals surface area contributed by atoms with Crippen molar-refractivity contribution in [3.05, 3.63) is 53.7 Å². The fourth-order valence-electron chi connectivity index (χ4n) is 4.24. The van der Waals surface area contributed by atoms with Crippen LogP contribution in [0.1, 0.15) is 38.5 Å². The van der Waals surface area contributed by atoms with E-state index in [0.29, 0.717) is 0 Å². The molecule has 3 aliphatic carbocycles. The van der Waals surface area contributed by atoms with Gasteiger partial charge in [-0.05, 0) is 61.5 Å². The summed E-state index contributed by atoms with van der Waals surface area (Å²) in [6.07, 6.45) is 21.0. The number of allylic oxidation sites excluding steroid dienone is 6. The Morgan fingerprint density at radius 2 is 2.30 bits per heavy atom. The monoisotopic (exact) mass is 266 g/mol. The highest BCUT2D eigenvalue weighted by atomic mass is 15.0. The molecule has 2 nitrogen and oxygen atoms in total. The second-order valence-electron chi connectivity index (χ2n) is 6.45.